The molecule has 1 aromatic heterocycles. The molecule has 0 N–H and O–H groups in total. The third-order valence-corrected chi connectivity index (χ3v) is 6.39. The minimum atomic E-state index is 0.00234. The monoisotopic (exact) mass is 318 g/mol. The number of alkyl halides is 1. The van der Waals surface area contributed by atoms with Crippen molar-refractivity contribution in [3.8, 4) is 0 Å². The smallest absolute Gasteiger partial charge is 0.0933 e. The van der Waals surface area contributed by atoms with Crippen LogP contribution in [0.15, 0.2) is 18.2 Å². The average molecular weight is 319 g/mol. The van der Waals surface area contributed by atoms with E-state index in [0.29, 0.717) is 0 Å². The minimum Gasteiger partial charge on any atom is -0.143 e. The van der Waals surface area contributed by atoms with Crippen molar-refractivity contribution in [1.29, 1.82) is 0 Å². The van der Waals surface area contributed by atoms with Crippen LogP contribution in [0.4, 0.5) is 0 Å². The number of aryl methyl sites for hydroxylation is 5. The quantitative estimate of drug-likeness (QED) is 0.452. The van der Waals surface area contributed by atoms with Gasteiger partial charge in [-0.25, -0.2) is 0 Å². The maximum absolute atomic E-state index is 6.87. The van der Waals surface area contributed by atoms with Crippen molar-refractivity contribution in [2.24, 2.45) is 0 Å². The number of hydrogen-bond donors (Lipinski definition) is 0. The number of hydrogen-bond acceptors (Lipinski definition) is 1. The number of rotatable bonds is 2. The van der Waals surface area contributed by atoms with Gasteiger partial charge in [-0.1, -0.05) is 24.1 Å². The molecule has 1 atom stereocenters. The Labute approximate surface area is 137 Å². The van der Waals surface area contributed by atoms with Crippen LogP contribution in [0, 0.1) is 20.8 Å². The summed E-state index contributed by atoms with van der Waals surface area (Å²) in [6.45, 7) is 6.52. The lowest BCUT2D eigenvalue weighted by Gasteiger charge is -2.15. The third kappa shape index (κ3) is 3.05. The second-order valence-electron chi connectivity index (χ2n) is 6.33. The first-order valence-electron chi connectivity index (χ1n) is 7.89. The molecule has 112 valence electrons. The lowest BCUT2D eigenvalue weighted by atomic mass is 9.96. The van der Waals surface area contributed by atoms with Crippen LogP contribution in [0.5, 0.6) is 0 Å². The van der Waals surface area contributed by atoms with Crippen LogP contribution < -0.4 is 0 Å². The Bertz CT molecular complexity index is 607. The van der Waals surface area contributed by atoms with E-state index in [1.165, 1.54) is 59.2 Å². The van der Waals surface area contributed by atoms with Gasteiger partial charge in [0.05, 0.1) is 5.38 Å². The van der Waals surface area contributed by atoms with Gasteiger partial charge in [0.15, 0.2) is 0 Å². The van der Waals surface area contributed by atoms with Crippen LogP contribution >= 0.6 is 22.9 Å². The standard InChI is InChI=1S/C19H23ClS/c1-12-9-13(2)18(14(3)10-12)19(20)17-11-15-7-5-4-6-8-16(15)21-17/h9-11,19H,4-8H2,1-3H3. The summed E-state index contributed by atoms with van der Waals surface area (Å²) in [6, 6.07) is 6.87. The summed E-state index contributed by atoms with van der Waals surface area (Å²) >= 11 is 8.81. The van der Waals surface area contributed by atoms with Gasteiger partial charge in [-0.2, -0.15) is 0 Å². The maximum atomic E-state index is 6.87. The van der Waals surface area contributed by atoms with E-state index in [1.54, 1.807) is 10.4 Å². The molecule has 0 nitrogen and oxygen atoms in total. The molecule has 0 saturated carbocycles. The number of benzene rings is 1. The van der Waals surface area contributed by atoms with Crippen molar-refractivity contribution in [2.45, 2.75) is 58.3 Å². The first-order chi connectivity index (χ1) is 10.1. The zero-order chi connectivity index (χ0) is 15.0. The molecule has 0 fully saturated rings. The summed E-state index contributed by atoms with van der Waals surface area (Å²) in [5.41, 5.74) is 6.81. The van der Waals surface area contributed by atoms with Gasteiger partial charge in [0.25, 0.3) is 0 Å². The SMILES string of the molecule is Cc1cc(C)c(C(Cl)c2cc3c(s2)CCCCC3)c(C)c1. The molecule has 1 aliphatic carbocycles. The van der Waals surface area contributed by atoms with E-state index in [0.717, 1.165) is 0 Å². The van der Waals surface area contributed by atoms with Gasteiger partial charge in [0.1, 0.15) is 0 Å². The van der Waals surface area contributed by atoms with Crippen molar-refractivity contribution >= 4 is 22.9 Å². The highest BCUT2D eigenvalue weighted by molar-refractivity contribution is 7.12. The molecule has 0 amide bonds. The summed E-state index contributed by atoms with van der Waals surface area (Å²) < 4.78 is 0. The molecular formula is C19H23ClS. The fourth-order valence-electron chi connectivity index (χ4n) is 3.55. The fraction of sp³-hybridized carbons (Fsp3) is 0.474. The molecule has 0 bridgehead atoms. The predicted octanol–water partition coefficient (Wildman–Crippen LogP) is 6.27. The summed E-state index contributed by atoms with van der Waals surface area (Å²) in [5.74, 6) is 0. The largest absolute Gasteiger partial charge is 0.143 e. The fourth-order valence-corrected chi connectivity index (χ4v) is 5.33. The molecule has 1 heterocycles. The van der Waals surface area contributed by atoms with Crippen LogP contribution in [0.25, 0.3) is 0 Å². The van der Waals surface area contributed by atoms with Crippen molar-refractivity contribution in [2.75, 3.05) is 0 Å². The molecule has 1 aliphatic rings. The first kappa shape index (κ1) is 15.1. The molecule has 2 aromatic rings. The highest BCUT2D eigenvalue weighted by Crippen LogP contribution is 2.40. The van der Waals surface area contributed by atoms with E-state index < -0.39 is 0 Å². The van der Waals surface area contributed by atoms with E-state index in [-0.39, 0.29) is 5.38 Å². The van der Waals surface area contributed by atoms with E-state index in [2.05, 4.69) is 39.0 Å². The topological polar surface area (TPSA) is 0 Å². The molecule has 0 radical (unpaired) electrons. The molecule has 1 unspecified atom stereocenters. The number of halogens is 1. The molecule has 0 spiro atoms. The summed E-state index contributed by atoms with van der Waals surface area (Å²) in [7, 11) is 0. The molecule has 0 aliphatic heterocycles. The Morgan fingerprint density at radius 1 is 0.952 bits per heavy atom. The second kappa shape index (κ2) is 6.14. The van der Waals surface area contributed by atoms with E-state index >= 15 is 0 Å². The van der Waals surface area contributed by atoms with E-state index in [9.17, 15) is 0 Å². The van der Waals surface area contributed by atoms with Crippen LogP contribution in [0.2, 0.25) is 0 Å². The van der Waals surface area contributed by atoms with E-state index in [4.69, 9.17) is 11.6 Å². The normalized spacial score (nSPS) is 16.4. The van der Waals surface area contributed by atoms with Crippen molar-refractivity contribution in [3.63, 3.8) is 0 Å². The lowest BCUT2D eigenvalue weighted by Crippen LogP contribution is -1.99. The third-order valence-electron chi connectivity index (χ3n) is 4.51. The summed E-state index contributed by atoms with van der Waals surface area (Å²) in [4.78, 5) is 2.91. The Kier molecular flexibility index (Phi) is 4.42. The van der Waals surface area contributed by atoms with Gasteiger partial charge >= 0.3 is 0 Å². The van der Waals surface area contributed by atoms with Crippen molar-refractivity contribution in [3.05, 3.63) is 55.8 Å². The molecular weight excluding hydrogens is 296 g/mol. The van der Waals surface area contributed by atoms with Crippen LogP contribution in [-0.2, 0) is 12.8 Å². The van der Waals surface area contributed by atoms with Gasteiger partial charge < -0.3 is 0 Å². The summed E-state index contributed by atoms with van der Waals surface area (Å²) in [5, 5.41) is 0.00234. The zero-order valence-electron chi connectivity index (χ0n) is 13.1. The Morgan fingerprint density at radius 3 is 2.33 bits per heavy atom. The van der Waals surface area contributed by atoms with Gasteiger partial charge in [0, 0.05) is 9.75 Å². The number of fused-ring (bicyclic) bond motifs is 1. The maximum Gasteiger partial charge on any atom is 0.0933 e. The van der Waals surface area contributed by atoms with Crippen LogP contribution in [0.1, 0.15) is 62.2 Å². The zero-order valence-corrected chi connectivity index (χ0v) is 14.7. The highest BCUT2D eigenvalue weighted by Gasteiger charge is 2.21. The molecule has 1 aromatic carbocycles. The minimum absolute atomic E-state index is 0.00234. The Morgan fingerprint density at radius 2 is 1.62 bits per heavy atom. The molecule has 3 rings (SSSR count). The van der Waals surface area contributed by atoms with Crippen molar-refractivity contribution < 1.29 is 0 Å². The first-order valence-corrected chi connectivity index (χ1v) is 9.15. The molecule has 0 saturated heterocycles. The second-order valence-corrected chi connectivity index (χ2v) is 7.94. The molecule has 2 heteroatoms. The van der Waals surface area contributed by atoms with Gasteiger partial charge in [-0.15, -0.1) is 22.9 Å². The van der Waals surface area contributed by atoms with Gasteiger partial charge in [-0.3, -0.25) is 0 Å². The van der Waals surface area contributed by atoms with Crippen molar-refractivity contribution in [1.82, 2.24) is 0 Å². The summed E-state index contributed by atoms with van der Waals surface area (Å²) in [6.07, 6.45) is 6.52. The predicted molar refractivity (Wildman–Crippen MR) is 93.9 cm³/mol. The lowest BCUT2D eigenvalue weighted by molar-refractivity contribution is 0.712. The van der Waals surface area contributed by atoms with E-state index in [1.807, 2.05) is 11.3 Å². The molecule has 21 heavy (non-hydrogen) atoms. The average Bonchev–Trinajstić information content (AvgIpc) is 2.69. The van der Waals surface area contributed by atoms with Crippen LogP contribution in [0.3, 0.4) is 0 Å². The Hall–Kier alpha value is -0.790. The van der Waals surface area contributed by atoms with Gasteiger partial charge in [-0.05, 0) is 74.8 Å². The highest BCUT2D eigenvalue weighted by atomic mass is 35.5. The van der Waals surface area contributed by atoms with Gasteiger partial charge in [0.2, 0.25) is 0 Å². The van der Waals surface area contributed by atoms with Crippen LogP contribution in [-0.4, -0.2) is 0 Å². The number of thiophene rings is 1. The Balaban J connectivity index is 1.97.